The van der Waals surface area contributed by atoms with Crippen LogP contribution in [0.4, 0.5) is 5.82 Å². The fourth-order valence-corrected chi connectivity index (χ4v) is 1.07. The number of nitrogens with zero attached hydrogens (tertiary/aromatic N) is 2. The Kier molecular flexibility index (Phi) is 1.81. The number of nitrogen functional groups attached to an aromatic ring is 1. The predicted molar refractivity (Wildman–Crippen MR) is 44.7 cm³/mol. The number of hydrogen-bond acceptors (Lipinski definition) is 4. The fourth-order valence-electron chi connectivity index (χ4n) is 1.07. The molecule has 12 heavy (non-hydrogen) atoms. The molecule has 0 atom stereocenters. The molecule has 1 saturated carbocycles. The van der Waals surface area contributed by atoms with Crippen molar-refractivity contribution >= 4 is 5.82 Å². The molecule has 1 aliphatic carbocycles. The first-order valence-electron chi connectivity index (χ1n) is 4.09. The molecule has 4 heteroatoms. The van der Waals surface area contributed by atoms with Crippen LogP contribution in [0.3, 0.4) is 0 Å². The van der Waals surface area contributed by atoms with E-state index in [0.29, 0.717) is 17.8 Å². The fraction of sp³-hybridized carbons (Fsp3) is 0.500. The van der Waals surface area contributed by atoms with Gasteiger partial charge >= 0.3 is 0 Å². The summed E-state index contributed by atoms with van der Waals surface area (Å²) in [5, 5.41) is 0. The van der Waals surface area contributed by atoms with E-state index >= 15 is 0 Å². The largest absolute Gasteiger partial charge is 0.472 e. The molecule has 1 aromatic rings. The first-order valence-corrected chi connectivity index (χ1v) is 4.09. The molecule has 0 bridgehead atoms. The molecule has 0 saturated heterocycles. The summed E-state index contributed by atoms with van der Waals surface area (Å²) >= 11 is 0. The summed E-state index contributed by atoms with van der Waals surface area (Å²) in [6.07, 6.45) is 6.91. The third-order valence-electron chi connectivity index (χ3n) is 2.02. The van der Waals surface area contributed by atoms with Gasteiger partial charge in [0.25, 0.3) is 5.88 Å². The summed E-state index contributed by atoms with van der Waals surface area (Å²) in [4.78, 5) is 7.87. The number of hydrogen-bond donors (Lipinski definition) is 1. The molecular weight excluding hydrogens is 154 g/mol. The van der Waals surface area contributed by atoms with Crippen LogP contribution in [0.5, 0.6) is 5.88 Å². The van der Waals surface area contributed by atoms with Crippen LogP contribution in [-0.2, 0) is 0 Å². The average molecular weight is 165 g/mol. The molecule has 0 aliphatic heterocycles. The van der Waals surface area contributed by atoms with Crippen molar-refractivity contribution < 1.29 is 4.74 Å². The van der Waals surface area contributed by atoms with Crippen LogP contribution in [0, 0.1) is 0 Å². The van der Waals surface area contributed by atoms with Crippen molar-refractivity contribution in [2.24, 2.45) is 0 Å². The van der Waals surface area contributed by atoms with Crippen molar-refractivity contribution in [3.8, 4) is 5.88 Å². The monoisotopic (exact) mass is 165 g/mol. The van der Waals surface area contributed by atoms with Crippen LogP contribution < -0.4 is 10.5 Å². The Bertz CT molecular complexity index is 273. The van der Waals surface area contributed by atoms with Crippen molar-refractivity contribution in [2.75, 3.05) is 5.73 Å². The van der Waals surface area contributed by atoms with Crippen molar-refractivity contribution in [1.82, 2.24) is 9.97 Å². The number of rotatable bonds is 2. The summed E-state index contributed by atoms with van der Waals surface area (Å²) in [7, 11) is 0. The Balaban J connectivity index is 2.06. The van der Waals surface area contributed by atoms with Gasteiger partial charge in [0, 0.05) is 12.4 Å². The number of ether oxygens (including phenoxy) is 1. The predicted octanol–water partition coefficient (Wildman–Crippen LogP) is 0.990. The Morgan fingerprint density at radius 1 is 1.33 bits per heavy atom. The first kappa shape index (κ1) is 7.34. The highest BCUT2D eigenvalue weighted by Gasteiger charge is 2.20. The number of anilines is 1. The van der Waals surface area contributed by atoms with Gasteiger partial charge in [-0.3, -0.25) is 0 Å². The van der Waals surface area contributed by atoms with E-state index in [1.54, 1.807) is 12.4 Å². The molecule has 0 aromatic carbocycles. The van der Waals surface area contributed by atoms with Gasteiger partial charge in [-0.25, -0.2) is 9.97 Å². The molecule has 64 valence electrons. The van der Waals surface area contributed by atoms with Crippen LogP contribution in [0.1, 0.15) is 19.3 Å². The zero-order valence-electron chi connectivity index (χ0n) is 6.73. The molecule has 4 nitrogen and oxygen atoms in total. The quantitative estimate of drug-likeness (QED) is 0.709. The summed E-state index contributed by atoms with van der Waals surface area (Å²) in [5.41, 5.74) is 5.55. The second-order valence-electron chi connectivity index (χ2n) is 2.92. The van der Waals surface area contributed by atoms with E-state index in [2.05, 4.69) is 9.97 Å². The minimum Gasteiger partial charge on any atom is -0.472 e. The third-order valence-corrected chi connectivity index (χ3v) is 2.02. The smallest absolute Gasteiger partial charge is 0.257 e. The van der Waals surface area contributed by atoms with Crippen LogP contribution >= 0.6 is 0 Å². The summed E-state index contributed by atoms with van der Waals surface area (Å²) in [6, 6.07) is 0. The molecule has 0 radical (unpaired) electrons. The highest BCUT2D eigenvalue weighted by atomic mass is 16.5. The van der Waals surface area contributed by atoms with Gasteiger partial charge in [0.1, 0.15) is 6.10 Å². The molecule has 2 rings (SSSR count). The van der Waals surface area contributed by atoms with Gasteiger partial charge in [-0.2, -0.15) is 0 Å². The molecule has 1 fully saturated rings. The number of aromatic nitrogens is 2. The van der Waals surface area contributed by atoms with E-state index in [1.165, 1.54) is 6.42 Å². The Hall–Kier alpha value is -1.32. The normalized spacial score (nSPS) is 17.0. The van der Waals surface area contributed by atoms with Gasteiger partial charge in [-0.05, 0) is 19.3 Å². The minimum absolute atomic E-state index is 0.309. The molecule has 0 spiro atoms. The molecular formula is C8H11N3O. The zero-order chi connectivity index (χ0) is 8.39. The lowest BCUT2D eigenvalue weighted by atomic mass is 9.96. The SMILES string of the molecule is Nc1nccnc1OC1CCC1. The minimum atomic E-state index is 0.309. The van der Waals surface area contributed by atoms with Crippen molar-refractivity contribution in [2.45, 2.75) is 25.4 Å². The molecule has 1 heterocycles. The van der Waals surface area contributed by atoms with E-state index in [9.17, 15) is 0 Å². The Morgan fingerprint density at radius 3 is 2.67 bits per heavy atom. The standard InChI is InChI=1S/C8H11N3O/c9-7-8(11-5-4-10-7)12-6-2-1-3-6/h4-6H,1-3H2,(H2,9,10). The lowest BCUT2D eigenvalue weighted by Gasteiger charge is -2.25. The van der Waals surface area contributed by atoms with Gasteiger partial charge in [-0.15, -0.1) is 0 Å². The van der Waals surface area contributed by atoms with Crippen molar-refractivity contribution in [1.29, 1.82) is 0 Å². The zero-order valence-corrected chi connectivity index (χ0v) is 6.73. The second kappa shape index (κ2) is 2.97. The van der Waals surface area contributed by atoms with E-state index in [4.69, 9.17) is 10.5 Å². The maximum Gasteiger partial charge on any atom is 0.257 e. The highest BCUT2D eigenvalue weighted by Crippen LogP contribution is 2.25. The lowest BCUT2D eigenvalue weighted by Crippen LogP contribution is -2.25. The molecule has 0 unspecified atom stereocenters. The van der Waals surface area contributed by atoms with Crippen LogP contribution in [-0.4, -0.2) is 16.1 Å². The third kappa shape index (κ3) is 1.32. The lowest BCUT2D eigenvalue weighted by molar-refractivity contribution is 0.115. The summed E-state index contributed by atoms with van der Waals surface area (Å²) in [5.74, 6) is 0.853. The highest BCUT2D eigenvalue weighted by molar-refractivity contribution is 5.38. The summed E-state index contributed by atoms with van der Waals surface area (Å²) < 4.78 is 5.48. The maximum atomic E-state index is 5.55. The molecule has 1 aliphatic rings. The molecule has 2 N–H and O–H groups in total. The first-order chi connectivity index (χ1) is 5.86. The number of nitrogens with two attached hydrogens (primary N) is 1. The summed E-state index contributed by atoms with van der Waals surface area (Å²) in [6.45, 7) is 0. The van der Waals surface area contributed by atoms with Crippen molar-refractivity contribution in [3.05, 3.63) is 12.4 Å². The van der Waals surface area contributed by atoms with Crippen LogP contribution in [0.2, 0.25) is 0 Å². The van der Waals surface area contributed by atoms with E-state index < -0.39 is 0 Å². The molecule has 1 aromatic heterocycles. The molecule has 0 amide bonds. The van der Waals surface area contributed by atoms with Gasteiger partial charge in [0.05, 0.1) is 0 Å². The van der Waals surface area contributed by atoms with Gasteiger partial charge in [0.15, 0.2) is 5.82 Å². The Morgan fingerprint density at radius 2 is 2.08 bits per heavy atom. The van der Waals surface area contributed by atoms with E-state index in [-0.39, 0.29) is 0 Å². The van der Waals surface area contributed by atoms with Gasteiger partial charge < -0.3 is 10.5 Å². The van der Waals surface area contributed by atoms with Crippen LogP contribution in [0.15, 0.2) is 12.4 Å². The maximum absolute atomic E-state index is 5.55. The van der Waals surface area contributed by atoms with Crippen LogP contribution in [0.25, 0.3) is 0 Å². The second-order valence-corrected chi connectivity index (χ2v) is 2.92. The van der Waals surface area contributed by atoms with Crippen molar-refractivity contribution in [3.63, 3.8) is 0 Å². The van der Waals surface area contributed by atoms with E-state index in [1.807, 2.05) is 0 Å². The van der Waals surface area contributed by atoms with Gasteiger partial charge in [-0.1, -0.05) is 0 Å². The van der Waals surface area contributed by atoms with E-state index in [0.717, 1.165) is 12.8 Å². The topological polar surface area (TPSA) is 61.0 Å². The Labute approximate surface area is 70.8 Å². The van der Waals surface area contributed by atoms with Gasteiger partial charge in [0.2, 0.25) is 0 Å². The average Bonchev–Trinajstić information content (AvgIpc) is 2.00.